The van der Waals surface area contributed by atoms with Crippen LogP contribution < -0.4 is 0 Å². The van der Waals surface area contributed by atoms with Crippen LogP contribution in [0.1, 0.15) is 82.3 Å². The van der Waals surface area contributed by atoms with Crippen molar-refractivity contribution in [1.82, 2.24) is 0 Å². The maximum atomic E-state index is 12.5. The smallest absolute Gasteiger partial charge is 0.336 e. The number of carbonyl (C=O) groups is 5. The lowest BCUT2D eigenvalue weighted by Gasteiger charge is -2.26. The van der Waals surface area contributed by atoms with Crippen molar-refractivity contribution in [3.05, 3.63) is 129 Å². The molecule has 6 N–H and O–H groups in total. The number of carbonyl (C=O) groups excluding carboxylic acids is 1. The van der Waals surface area contributed by atoms with Crippen molar-refractivity contribution in [2.45, 2.75) is 19.3 Å². The Bertz CT molecular complexity index is 1590. The third-order valence-corrected chi connectivity index (χ3v) is 6.66. The predicted octanol–water partition coefficient (Wildman–Crippen LogP) is 5.13. The minimum Gasteiger partial charge on any atom is -0.508 e. The number of hydrogen-bond acceptors (Lipinski definition) is 7. The summed E-state index contributed by atoms with van der Waals surface area (Å²) in [5.74, 6) is -6.32. The fourth-order valence-corrected chi connectivity index (χ4v) is 4.19. The van der Waals surface area contributed by atoms with E-state index in [4.69, 9.17) is 20.4 Å². The molecule has 0 bridgehead atoms. The number of ketones is 1. The van der Waals surface area contributed by atoms with Gasteiger partial charge in [-0.25, -0.2) is 19.2 Å². The second kappa shape index (κ2) is 12.7. The van der Waals surface area contributed by atoms with E-state index in [1.54, 1.807) is 24.3 Å². The first-order valence-electron chi connectivity index (χ1n) is 12.5. The first-order valence-corrected chi connectivity index (χ1v) is 12.5. The van der Waals surface area contributed by atoms with Crippen molar-refractivity contribution in [3.8, 4) is 11.5 Å². The SMILES string of the molecule is CC(C)(c1ccc(O)cc1)c1ccc(O)cc1.O=C(c1ccc(C(=O)O)c(C(=O)O)c1)c1ccc(C(=O)O)c(C(=O)O)c1. The average Bonchev–Trinajstić information content (AvgIpc) is 2.96. The highest BCUT2D eigenvalue weighted by atomic mass is 16.4. The van der Waals surface area contributed by atoms with Gasteiger partial charge in [0.25, 0.3) is 0 Å². The molecule has 4 aromatic carbocycles. The van der Waals surface area contributed by atoms with Gasteiger partial charge in [0.15, 0.2) is 5.78 Å². The van der Waals surface area contributed by atoms with Crippen molar-refractivity contribution in [3.63, 3.8) is 0 Å². The molecule has 0 radical (unpaired) electrons. The van der Waals surface area contributed by atoms with Gasteiger partial charge in [0.2, 0.25) is 0 Å². The molecule has 0 unspecified atom stereocenters. The molecule has 0 aliphatic heterocycles. The first-order chi connectivity index (χ1) is 20.1. The van der Waals surface area contributed by atoms with Gasteiger partial charge in [0.05, 0.1) is 22.3 Å². The summed E-state index contributed by atoms with van der Waals surface area (Å²) in [6, 6.07) is 20.2. The van der Waals surface area contributed by atoms with Gasteiger partial charge in [-0.3, -0.25) is 4.79 Å². The maximum Gasteiger partial charge on any atom is 0.336 e. The quantitative estimate of drug-likeness (QED) is 0.149. The highest BCUT2D eigenvalue weighted by Gasteiger charge is 2.24. The Hall–Kier alpha value is -5.97. The molecule has 4 rings (SSSR count). The molecule has 11 heteroatoms. The van der Waals surface area contributed by atoms with Gasteiger partial charge >= 0.3 is 23.9 Å². The normalized spacial score (nSPS) is 10.7. The summed E-state index contributed by atoms with van der Waals surface area (Å²) >= 11 is 0. The summed E-state index contributed by atoms with van der Waals surface area (Å²) in [7, 11) is 0. The summed E-state index contributed by atoms with van der Waals surface area (Å²) in [6.45, 7) is 4.23. The van der Waals surface area contributed by atoms with E-state index in [-0.39, 0.29) is 28.0 Å². The van der Waals surface area contributed by atoms with Crippen LogP contribution in [0.3, 0.4) is 0 Å². The minimum atomic E-state index is -1.55. The lowest BCUT2D eigenvalue weighted by atomic mass is 9.78. The molecule has 0 saturated carbocycles. The molecule has 11 nitrogen and oxygen atoms in total. The van der Waals surface area contributed by atoms with E-state index in [0.29, 0.717) is 0 Å². The largest absolute Gasteiger partial charge is 0.508 e. The van der Waals surface area contributed by atoms with Gasteiger partial charge < -0.3 is 30.6 Å². The molecule has 43 heavy (non-hydrogen) atoms. The van der Waals surface area contributed by atoms with Gasteiger partial charge in [0.1, 0.15) is 11.5 Å². The number of aromatic carboxylic acids is 4. The molecule has 0 aliphatic rings. The van der Waals surface area contributed by atoms with Gasteiger partial charge in [0, 0.05) is 16.5 Å². The summed E-state index contributed by atoms with van der Waals surface area (Å²) in [5.41, 5.74) is -0.516. The molecule has 0 amide bonds. The number of aromatic hydroxyl groups is 2. The zero-order valence-electron chi connectivity index (χ0n) is 22.8. The van der Waals surface area contributed by atoms with Crippen LogP contribution in [0.25, 0.3) is 0 Å². The monoisotopic (exact) mass is 586 g/mol. The molecule has 0 aromatic heterocycles. The van der Waals surface area contributed by atoms with E-state index in [9.17, 15) is 34.2 Å². The molecule has 0 heterocycles. The standard InChI is InChI=1S/C17H10O9.C15H16O2/c18-13(7-1-3-9(14(19)20)11(5-7)16(23)24)8-2-4-10(15(21)22)12(6-8)17(25)26;1-15(2,11-3-7-13(16)8-4-11)12-5-9-14(17)10-6-12/h1-6H,(H,19,20)(H,21,22)(H,23,24)(H,25,26);3-10,16-17H,1-2H3. The van der Waals surface area contributed by atoms with E-state index < -0.39 is 51.9 Å². The number of phenols is 2. The number of phenolic OH excluding ortho intramolecular Hbond substituents is 2. The zero-order valence-corrected chi connectivity index (χ0v) is 22.8. The number of benzene rings is 4. The highest BCUT2D eigenvalue weighted by molar-refractivity contribution is 6.13. The van der Waals surface area contributed by atoms with Crippen molar-refractivity contribution >= 4 is 29.7 Å². The molecule has 220 valence electrons. The number of hydrogen-bond donors (Lipinski definition) is 6. The lowest BCUT2D eigenvalue weighted by Crippen LogP contribution is -2.18. The van der Waals surface area contributed by atoms with Crippen molar-refractivity contribution in [2.24, 2.45) is 0 Å². The zero-order chi connectivity index (χ0) is 32.1. The fraction of sp³-hybridized carbons (Fsp3) is 0.0938. The fourth-order valence-electron chi connectivity index (χ4n) is 4.19. The van der Waals surface area contributed by atoms with E-state index in [0.717, 1.165) is 47.5 Å². The molecule has 0 fully saturated rings. The van der Waals surface area contributed by atoms with Crippen LogP contribution in [0.4, 0.5) is 0 Å². The summed E-state index contributed by atoms with van der Waals surface area (Å²) < 4.78 is 0. The summed E-state index contributed by atoms with van der Waals surface area (Å²) in [4.78, 5) is 56.9. The molecule has 0 aliphatic carbocycles. The summed E-state index contributed by atoms with van der Waals surface area (Å²) in [5, 5.41) is 54.7. The van der Waals surface area contributed by atoms with Gasteiger partial charge in [-0.1, -0.05) is 50.2 Å². The van der Waals surface area contributed by atoms with Crippen LogP contribution in [0, 0.1) is 0 Å². The van der Waals surface area contributed by atoms with Crippen molar-refractivity contribution in [1.29, 1.82) is 0 Å². The van der Waals surface area contributed by atoms with Gasteiger partial charge in [-0.2, -0.15) is 0 Å². The van der Waals surface area contributed by atoms with Crippen LogP contribution >= 0.6 is 0 Å². The van der Waals surface area contributed by atoms with Crippen molar-refractivity contribution < 1.29 is 54.6 Å². The molecular formula is C32H26O11. The minimum absolute atomic E-state index is 0.151. The first kappa shape index (κ1) is 31.6. The Morgan fingerprint density at radius 2 is 0.767 bits per heavy atom. The molecule has 0 atom stereocenters. The Morgan fingerprint density at radius 1 is 0.465 bits per heavy atom. The van der Waals surface area contributed by atoms with Crippen LogP contribution in [-0.4, -0.2) is 60.3 Å². The second-order valence-corrected chi connectivity index (χ2v) is 9.79. The third-order valence-electron chi connectivity index (χ3n) is 6.66. The van der Waals surface area contributed by atoms with E-state index in [2.05, 4.69) is 13.8 Å². The Labute approximate surface area is 244 Å². The Morgan fingerprint density at radius 3 is 1.05 bits per heavy atom. The number of carboxylic acid groups (broad SMARTS) is 4. The molecule has 0 spiro atoms. The maximum absolute atomic E-state index is 12.5. The van der Waals surface area contributed by atoms with E-state index in [1.807, 2.05) is 24.3 Å². The van der Waals surface area contributed by atoms with Crippen LogP contribution in [0.15, 0.2) is 84.9 Å². The van der Waals surface area contributed by atoms with Gasteiger partial charge in [-0.15, -0.1) is 0 Å². The molecule has 4 aromatic rings. The van der Waals surface area contributed by atoms with E-state index >= 15 is 0 Å². The topological polar surface area (TPSA) is 207 Å². The van der Waals surface area contributed by atoms with Crippen LogP contribution in [-0.2, 0) is 5.41 Å². The molecule has 0 saturated heterocycles. The Kier molecular flexibility index (Phi) is 9.31. The van der Waals surface area contributed by atoms with Crippen molar-refractivity contribution in [2.75, 3.05) is 0 Å². The van der Waals surface area contributed by atoms with Crippen LogP contribution in [0.5, 0.6) is 11.5 Å². The summed E-state index contributed by atoms with van der Waals surface area (Å²) in [6.07, 6.45) is 0. The molecular weight excluding hydrogens is 560 g/mol. The third kappa shape index (κ3) is 7.22. The highest BCUT2D eigenvalue weighted by Crippen LogP contribution is 2.33. The second-order valence-electron chi connectivity index (χ2n) is 9.79. The van der Waals surface area contributed by atoms with E-state index in [1.165, 1.54) is 0 Å². The lowest BCUT2D eigenvalue weighted by molar-refractivity contribution is 0.0651. The van der Waals surface area contributed by atoms with Crippen LogP contribution in [0.2, 0.25) is 0 Å². The predicted molar refractivity (Wildman–Crippen MR) is 152 cm³/mol. The number of rotatable bonds is 8. The van der Waals surface area contributed by atoms with Gasteiger partial charge in [-0.05, 0) is 59.7 Å². The number of carboxylic acids is 4. The Balaban J connectivity index is 0.000000257. The average molecular weight is 587 g/mol.